The van der Waals surface area contributed by atoms with Gasteiger partial charge in [0.25, 0.3) is 0 Å². The molecule has 0 atom stereocenters. The molecule has 0 saturated carbocycles. The van der Waals surface area contributed by atoms with Crippen LogP contribution in [-0.4, -0.2) is 22.0 Å². The minimum absolute atomic E-state index is 0.0694. The molecule has 0 amide bonds. The summed E-state index contributed by atoms with van der Waals surface area (Å²) in [5.41, 5.74) is 5.37. The Morgan fingerprint density at radius 1 is 0.879 bits per heavy atom. The van der Waals surface area contributed by atoms with Crippen molar-refractivity contribution in [3.8, 4) is 5.75 Å². The summed E-state index contributed by atoms with van der Waals surface area (Å²) < 4.78 is 5.16. The van der Waals surface area contributed by atoms with E-state index in [1.807, 2.05) is 84.9 Å². The first kappa shape index (κ1) is 21.6. The summed E-state index contributed by atoms with van der Waals surface area (Å²) in [6.45, 7) is 0.350. The van der Waals surface area contributed by atoms with E-state index in [-0.39, 0.29) is 17.3 Å². The number of anilines is 4. The van der Waals surface area contributed by atoms with Crippen molar-refractivity contribution >= 4 is 28.7 Å². The number of nitrogens with one attached hydrogen (secondary N) is 2. The van der Waals surface area contributed by atoms with Crippen molar-refractivity contribution in [2.24, 2.45) is 0 Å². The number of rotatable bonds is 9. The van der Waals surface area contributed by atoms with Crippen LogP contribution in [0.4, 0.5) is 28.7 Å². The Morgan fingerprint density at radius 2 is 1.45 bits per heavy atom. The van der Waals surface area contributed by atoms with Gasteiger partial charge in [-0.2, -0.15) is 0 Å². The molecular formula is C24H22N6O3. The third-order valence-electron chi connectivity index (χ3n) is 4.87. The monoisotopic (exact) mass is 442 g/mol. The molecule has 1 heterocycles. The Hall–Kier alpha value is -4.66. The molecule has 0 radical (unpaired) electrons. The van der Waals surface area contributed by atoms with Gasteiger partial charge in [0.05, 0.1) is 23.4 Å². The van der Waals surface area contributed by atoms with Crippen LogP contribution in [-0.2, 0) is 6.54 Å². The van der Waals surface area contributed by atoms with Crippen LogP contribution in [0.25, 0.3) is 0 Å². The van der Waals surface area contributed by atoms with Gasteiger partial charge in [0.2, 0.25) is 11.6 Å². The largest absolute Gasteiger partial charge is 0.497 e. The van der Waals surface area contributed by atoms with Gasteiger partial charge in [0.1, 0.15) is 12.1 Å². The second-order valence-electron chi connectivity index (χ2n) is 7.00. The Morgan fingerprint density at radius 3 is 2.00 bits per heavy atom. The Balaban J connectivity index is 1.64. The normalized spacial score (nSPS) is 10.3. The lowest BCUT2D eigenvalue weighted by Gasteiger charge is -2.26. The van der Waals surface area contributed by atoms with Gasteiger partial charge in [-0.15, -0.1) is 0 Å². The quantitative estimate of drug-likeness (QED) is 0.270. The van der Waals surface area contributed by atoms with E-state index in [0.717, 1.165) is 22.7 Å². The Bertz CT molecular complexity index is 1160. The molecular weight excluding hydrogens is 420 g/mol. The minimum Gasteiger partial charge on any atom is -0.497 e. The van der Waals surface area contributed by atoms with E-state index in [2.05, 4.69) is 20.7 Å². The van der Waals surface area contributed by atoms with Gasteiger partial charge in [-0.05, 0) is 42.0 Å². The Labute approximate surface area is 190 Å². The van der Waals surface area contributed by atoms with Gasteiger partial charge in [-0.25, -0.2) is 9.97 Å². The minimum atomic E-state index is -0.493. The van der Waals surface area contributed by atoms with Crippen LogP contribution in [0.5, 0.6) is 5.75 Å². The maximum absolute atomic E-state index is 12.0. The summed E-state index contributed by atoms with van der Waals surface area (Å²) in [7, 11) is 1.60. The van der Waals surface area contributed by atoms with Crippen molar-refractivity contribution in [2.45, 2.75) is 6.54 Å². The van der Waals surface area contributed by atoms with Crippen LogP contribution >= 0.6 is 0 Å². The number of hydrogen-bond donors (Lipinski definition) is 2. The predicted molar refractivity (Wildman–Crippen MR) is 128 cm³/mol. The maximum atomic E-state index is 12.0. The number of methoxy groups -OCH3 is 1. The van der Waals surface area contributed by atoms with Crippen LogP contribution in [0.15, 0.2) is 91.3 Å². The number of hydrogen-bond acceptors (Lipinski definition) is 8. The molecule has 9 heteroatoms. The van der Waals surface area contributed by atoms with Crippen molar-refractivity contribution in [1.82, 2.24) is 9.97 Å². The molecule has 3 aromatic carbocycles. The molecule has 0 aliphatic heterocycles. The molecule has 33 heavy (non-hydrogen) atoms. The molecule has 0 spiro atoms. The van der Waals surface area contributed by atoms with E-state index in [1.165, 1.54) is 6.33 Å². The fraction of sp³-hybridized carbons (Fsp3) is 0.0833. The zero-order chi connectivity index (χ0) is 23.0. The lowest BCUT2D eigenvalue weighted by atomic mass is 10.2. The maximum Gasteiger partial charge on any atom is 0.354 e. The van der Waals surface area contributed by atoms with Gasteiger partial charge in [0.15, 0.2) is 0 Å². The summed E-state index contributed by atoms with van der Waals surface area (Å²) in [5, 5.41) is 16.8. The highest BCUT2D eigenvalue weighted by molar-refractivity contribution is 5.74. The van der Waals surface area contributed by atoms with Crippen LogP contribution < -0.4 is 20.5 Å². The molecule has 0 aliphatic carbocycles. The molecule has 2 N–H and O–H groups in total. The van der Waals surface area contributed by atoms with Crippen LogP contribution in [0, 0.1) is 10.1 Å². The molecule has 9 nitrogen and oxygen atoms in total. The number of nitro groups is 1. The first-order valence-corrected chi connectivity index (χ1v) is 10.2. The number of hydrazine groups is 1. The van der Waals surface area contributed by atoms with E-state index in [0.29, 0.717) is 6.54 Å². The Kier molecular flexibility index (Phi) is 6.60. The summed E-state index contributed by atoms with van der Waals surface area (Å²) in [6.07, 6.45) is 1.29. The first-order valence-electron chi connectivity index (χ1n) is 10.2. The molecule has 0 unspecified atom stereocenters. The number of para-hydroxylation sites is 2. The lowest BCUT2D eigenvalue weighted by Crippen LogP contribution is -2.26. The predicted octanol–water partition coefficient (Wildman–Crippen LogP) is 5.17. The standard InChI is InChI=1S/C24H22N6O3/c1-33-21-14-12-18(13-15-21)16-25-23-22(30(31)32)24(27-17-26-23)28-29(19-8-4-2-5-9-19)20-10-6-3-7-11-20/h2-15,17H,16H2,1H3,(H2,25,26,27,28). The fourth-order valence-corrected chi connectivity index (χ4v) is 3.23. The fourth-order valence-electron chi connectivity index (χ4n) is 3.23. The second kappa shape index (κ2) is 10.1. The molecule has 0 aliphatic rings. The van der Waals surface area contributed by atoms with Crippen molar-refractivity contribution in [3.05, 3.63) is 107 Å². The molecule has 0 fully saturated rings. The third-order valence-corrected chi connectivity index (χ3v) is 4.87. The van der Waals surface area contributed by atoms with Gasteiger partial charge in [0, 0.05) is 6.54 Å². The topological polar surface area (TPSA) is 105 Å². The first-order chi connectivity index (χ1) is 16.2. The van der Waals surface area contributed by atoms with Crippen LogP contribution in [0.2, 0.25) is 0 Å². The smallest absolute Gasteiger partial charge is 0.354 e. The average Bonchev–Trinajstić information content (AvgIpc) is 2.87. The number of benzene rings is 3. The van der Waals surface area contributed by atoms with Crippen LogP contribution in [0.3, 0.4) is 0 Å². The third kappa shape index (κ3) is 5.16. The van der Waals surface area contributed by atoms with E-state index >= 15 is 0 Å². The number of aromatic nitrogens is 2. The second-order valence-corrected chi connectivity index (χ2v) is 7.00. The highest BCUT2D eigenvalue weighted by atomic mass is 16.6. The van der Waals surface area contributed by atoms with E-state index < -0.39 is 4.92 Å². The van der Waals surface area contributed by atoms with E-state index in [1.54, 1.807) is 12.1 Å². The van der Waals surface area contributed by atoms with Crippen molar-refractivity contribution < 1.29 is 9.66 Å². The number of nitrogens with zero attached hydrogens (tertiary/aromatic N) is 4. The molecule has 1 aromatic heterocycles. The van der Waals surface area contributed by atoms with Crippen molar-refractivity contribution in [1.29, 1.82) is 0 Å². The lowest BCUT2D eigenvalue weighted by molar-refractivity contribution is -0.383. The summed E-state index contributed by atoms with van der Waals surface area (Å²) in [6, 6.07) is 26.4. The SMILES string of the molecule is COc1ccc(CNc2ncnc(NN(c3ccccc3)c3ccccc3)c2[N+](=O)[O-])cc1. The summed E-state index contributed by atoms with van der Waals surface area (Å²) >= 11 is 0. The van der Waals surface area contributed by atoms with Gasteiger partial charge < -0.3 is 10.1 Å². The van der Waals surface area contributed by atoms with Crippen molar-refractivity contribution in [2.75, 3.05) is 22.9 Å². The number of ether oxygens (including phenoxy) is 1. The van der Waals surface area contributed by atoms with Gasteiger partial charge in [-0.1, -0.05) is 48.5 Å². The van der Waals surface area contributed by atoms with Crippen molar-refractivity contribution in [3.63, 3.8) is 0 Å². The van der Waals surface area contributed by atoms with Gasteiger partial charge in [-0.3, -0.25) is 20.5 Å². The molecule has 4 rings (SSSR count). The summed E-state index contributed by atoms with van der Waals surface area (Å²) in [4.78, 5) is 19.8. The highest BCUT2D eigenvalue weighted by Crippen LogP contribution is 2.33. The van der Waals surface area contributed by atoms with E-state index in [4.69, 9.17) is 4.74 Å². The van der Waals surface area contributed by atoms with Crippen LogP contribution in [0.1, 0.15) is 5.56 Å². The molecule has 4 aromatic rings. The van der Waals surface area contributed by atoms with Gasteiger partial charge >= 0.3 is 5.69 Å². The average molecular weight is 442 g/mol. The molecule has 0 bridgehead atoms. The molecule has 166 valence electrons. The summed E-state index contributed by atoms with van der Waals surface area (Å²) in [5.74, 6) is 0.925. The zero-order valence-electron chi connectivity index (χ0n) is 17.9. The molecule has 0 saturated heterocycles. The zero-order valence-corrected chi connectivity index (χ0v) is 17.9. The van der Waals surface area contributed by atoms with E-state index in [9.17, 15) is 10.1 Å². The highest BCUT2D eigenvalue weighted by Gasteiger charge is 2.25.